The maximum atomic E-state index is 6.17. The summed E-state index contributed by atoms with van der Waals surface area (Å²) in [4.78, 5) is 21.7. The van der Waals surface area contributed by atoms with Gasteiger partial charge in [0, 0.05) is 44.1 Å². The highest BCUT2D eigenvalue weighted by atomic mass is 127. The highest BCUT2D eigenvalue weighted by Crippen LogP contribution is 2.18. The first kappa shape index (κ1) is 20.1. The summed E-state index contributed by atoms with van der Waals surface area (Å²) < 4.78 is 5.54. The highest BCUT2D eigenvalue weighted by molar-refractivity contribution is 14.0. The normalized spacial score (nSPS) is 14.6. The monoisotopic (exact) mass is 491 g/mol. The number of halogens is 1. The molecule has 1 aliphatic rings. The minimum absolute atomic E-state index is 0. The van der Waals surface area contributed by atoms with Crippen LogP contribution in [0.15, 0.2) is 64.5 Å². The molecule has 0 spiro atoms. The number of rotatable bonds is 4. The molecule has 0 saturated carbocycles. The predicted octanol–water partition coefficient (Wildman–Crippen LogP) is 2.39. The first-order chi connectivity index (χ1) is 13.3. The number of nitrogens with zero attached hydrogens (tertiary/aromatic N) is 6. The number of benzene rings is 1. The zero-order chi connectivity index (χ0) is 18.5. The standard InChI is InChI=1S/C19H21N7O.HI/c20-18(25-9-11-26(12-10-25)19-21-7-4-8-22-19)23-13-16-14-27-17(24-16)15-5-2-1-3-6-15;/h1-8,14H,9-13H2,(H2,20,23);1H. The van der Waals surface area contributed by atoms with Crippen molar-refractivity contribution in [1.82, 2.24) is 19.9 Å². The van der Waals surface area contributed by atoms with Gasteiger partial charge in [0.05, 0.1) is 6.54 Å². The Morgan fingerprint density at radius 3 is 2.46 bits per heavy atom. The molecular formula is C19H22IN7O. The summed E-state index contributed by atoms with van der Waals surface area (Å²) in [6, 6.07) is 11.6. The van der Waals surface area contributed by atoms with E-state index in [0.29, 0.717) is 18.4 Å². The van der Waals surface area contributed by atoms with Gasteiger partial charge in [-0.3, -0.25) is 0 Å². The van der Waals surface area contributed by atoms with Gasteiger partial charge in [0.15, 0.2) is 5.96 Å². The fourth-order valence-electron chi connectivity index (χ4n) is 2.94. The number of oxazole rings is 1. The molecule has 1 aliphatic heterocycles. The van der Waals surface area contributed by atoms with Crippen molar-refractivity contribution in [1.29, 1.82) is 0 Å². The largest absolute Gasteiger partial charge is 0.444 e. The van der Waals surface area contributed by atoms with Crippen LogP contribution >= 0.6 is 24.0 Å². The molecule has 3 aromatic rings. The van der Waals surface area contributed by atoms with E-state index < -0.39 is 0 Å². The Labute approximate surface area is 180 Å². The van der Waals surface area contributed by atoms with Gasteiger partial charge in [-0.05, 0) is 18.2 Å². The van der Waals surface area contributed by atoms with Crippen LogP contribution in [0.5, 0.6) is 0 Å². The fourth-order valence-corrected chi connectivity index (χ4v) is 2.94. The van der Waals surface area contributed by atoms with Crippen molar-refractivity contribution in [3.63, 3.8) is 0 Å². The SMILES string of the molecule is I.NC(=NCc1coc(-c2ccccc2)n1)N1CCN(c2ncccn2)CC1. The first-order valence-electron chi connectivity index (χ1n) is 8.86. The van der Waals surface area contributed by atoms with Crippen molar-refractivity contribution in [2.75, 3.05) is 31.1 Å². The summed E-state index contributed by atoms with van der Waals surface area (Å²) in [5.41, 5.74) is 7.87. The Morgan fingerprint density at radius 2 is 1.75 bits per heavy atom. The summed E-state index contributed by atoms with van der Waals surface area (Å²) >= 11 is 0. The van der Waals surface area contributed by atoms with E-state index in [-0.39, 0.29) is 24.0 Å². The number of hydrogen-bond donors (Lipinski definition) is 1. The smallest absolute Gasteiger partial charge is 0.226 e. The van der Waals surface area contributed by atoms with E-state index in [1.165, 1.54) is 0 Å². The van der Waals surface area contributed by atoms with Gasteiger partial charge in [0.2, 0.25) is 11.8 Å². The fraction of sp³-hybridized carbons (Fsp3) is 0.263. The van der Waals surface area contributed by atoms with Crippen LogP contribution in [0, 0.1) is 0 Å². The van der Waals surface area contributed by atoms with Crippen molar-refractivity contribution in [3.05, 3.63) is 60.7 Å². The minimum atomic E-state index is 0. The lowest BCUT2D eigenvalue weighted by Gasteiger charge is -2.35. The van der Waals surface area contributed by atoms with E-state index >= 15 is 0 Å². The van der Waals surface area contributed by atoms with Gasteiger partial charge in [-0.25, -0.2) is 19.9 Å². The minimum Gasteiger partial charge on any atom is -0.444 e. The zero-order valence-electron chi connectivity index (χ0n) is 15.3. The summed E-state index contributed by atoms with van der Waals surface area (Å²) in [7, 11) is 0. The first-order valence-corrected chi connectivity index (χ1v) is 8.86. The van der Waals surface area contributed by atoms with Gasteiger partial charge in [-0.2, -0.15) is 0 Å². The van der Waals surface area contributed by atoms with Crippen LogP contribution in [0.4, 0.5) is 5.95 Å². The molecule has 2 N–H and O–H groups in total. The van der Waals surface area contributed by atoms with Gasteiger partial charge in [-0.1, -0.05) is 18.2 Å². The van der Waals surface area contributed by atoms with E-state index in [4.69, 9.17) is 10.2 Å². The molecule has 1 fully saturated rings. The van der Waals surface area contributed by atoms with Crippen LogP contribution in [0.1, 0.15) is 5.69 Å². The molecule has 0 aliphatic carbocycles. The number of guanidine groups is 1. The van der Waals surface area contributed by atoms with Crippen molar-refractivity contribution in [3.8, 4) is 11.5 Å². The summed E-state index contributed by atoms with van der Waals surface area (Å²) in [6.45, 7) is 3.57. The average Bonchev–Trinajstić information content (AvgIpc) is 3.22. The van der Waals surface area contributed by atoms with Gasteiger partial charge < -0.3 is 20.0 Å². The second-order valence-corrected chi connectivity index (χ2v) is 6.21. The third kappa shape index (κ3) is 4.77. The van der Waals surface area contributed by atoms with Crippen molar-refractivity contribution >= 4 is 35.9 Å². The molecule has 0 unspecified atom stereocenters. The van der Waals surface area contributed by atoms with Crippen LogP contribution in [0.2, 0.25) is 0 Å². The third-order valence-corrected chi connectivity index (χ3v) is 4.41. The lowest BCUT2D eigenvalue weighted by Crippen LogP contribution is -2.51. The number of anilines is 1. The molecule has 1 saturated heterocycles. The van der Waals surface area contributed by atoms with Crippen molar-refractivity contribution in [2.45, 2.75) is 6.54 Å². The number of piperazine rings is 1. The van der Waals surface area contributed by atoms with E-state index in [2.05, 4.69) is 29.7 Å². The van der Waals surface area contributed by atoms with E-state index in [0.717, 1.165) is 43.4 Å². The topological polar surface area (TPSA) is 96.7 Å². The molecule has 0 atom stereocenters. The zero-order valence-corrected chi connectivity index (χ0v) is 17.6. The molecule has 3 heterocycles. The van der Waals surface area contributed by atoms with Crippen LogP contribution in [0.25, 0.3) is 11.5 Å². The van der Waals surface area contributed by atoms with Crippen LogP contribution in [-0.4, -0.2) is 52.0 Å². The maximum absolute atomic E-state index is 6.17. The van der Waals surface area contributed by atoms with Crippen molar-refractivity contribution in [2.24, 2.45) is 10.7 Å². The second kappa shape index (κ2) is 9.49. The van der Waals surface area contributed by atoms with Gasteiger partial charge in [-0.15, -0.1) is 24.0 Å². The number of hydrogen-bond acceptors (Lipinski definition) is 6. The molecule has 0 amide bonds. The lowest BCUT2D eigenvalue weighted by molar-refractivity contribution is 0.378. The number of nitrogens with two attached hydrogens (primary N) is 1. The van der Waals surface area contributed by atoms with Gasteiger partial charge >= 0.3 is 0 Å². The molecular weight excluding hydrogens is 469 g/mol. The summed E-state index contributed by atoms with van der Waals surface area (Å²) in [5, 5.41) is 0. The number of aliphatic imine (C=N–C) groups is 1. The molecule has 2 aromatic heterocycles. The molecule has 9 heteroatoms. The molecule has 0 radical (unpaired) electrons. The predicted molar refractivity (Wildman–Crippen MR) is 118 cm³/mol. The Balaban J connectivity index is 0.00000225. The average molecular weight is 491 g/mol. The van der Waals surface area contributed by atoms with E-state index in [9.17, 15) is 0 Å². The Morgan fingerprint density at radius 1 is 1.04 bits per heavy atom. The van der Waals surface area contributed by atoms with E-state index in [1.54, 1.807) is 18.7 Å². The Bertz CT molecular complexity index is 893. The van der Waals surface area contributed by atoms with E-state index in [1.807, 2.05) is 36.4 Å². The van der Waals surface area contributed by atoms with Crippen molar-refractivity contribution < 1.29 is 4.42 Å². The quantitative estimate of drug-likeness (QED) is 0.340. The Hall–Kier alpha value is -2.69. The lowest BCUT2D eigenvalue weighted by atomic mass is 10.2. The molecule has 0 bridgehead atoms. The maximum Gasteiger partial charge on any atom is 0.226 e. The van der Waals surface area contributed by atoms with Crippen LogP contribution in [0.3, 0.4) is 0 Å². The molecule has 8 nitrogen and oxygen atoms in total. The molecule has 146 valence electrons. The van der Waals surface area contributed by atoms with Gasteiger partial charge in [0.1, 0.15) is 12.0 Å². The highest BCUT2D eigenvalue weighted by Gasteiger charge is 2.20. The Kier molecular flexibility index (Phi) is 6.80. The van der Waals surface area contributed by atoms with Crippen LogP contribution < -0.4 is 10.6 Å². The molecule has 1 aromatic carbocycles. The number of aromatic nitrogens is 3. The van der Waals surface area contributed by atoms with Gasteiger partial charge in [0.25, 0.3) is 0 Å². The molecule has 4 rings (SSSR count). The summed E-state index contributed by atoms with van der Waals surface area (Å²) in [6.07, 6.45) is 5.14. The second-order valence-electron chi connectivity index (χ2n) is 6.21. The summed E-state index contributed by atoms with van der Waals surface area (Å²) in [5.74, 6) is 1.87. The van der Waals surface area contributed by atoms with Crippen LogP contribution in [-0.2, 0) is 6.54 Å². The molecule has 28 heavy (non-hydrogen) atoms. The third-order valence-electron chi connectivity index (χ3n) is 4.41.